The Morgan fingerprint density at radius 2 is 1.52 bits per heavy atom. The Balaban J connectivity index is 1.65. The van der Waals surface area contributed by atoms with E-state index in [-0.39, 0.29) is 36.4 Å². The van der Waals surface area contributed by atoms with E-state index in [0.717, 1.165) is 31.2 Å². The maximum atomic E-state index is 12.6. The molecule has 142 valence electrons. The van der Waals surface area contributed by atoms with Crippen LogP contribution in [-0.4, -0.2) is 23.9 Å². The molecule has 0 spiro atoms. The number of hydrogen-bond donors (Lipinski definition) is 3. The first-order valence-corrected chi connectivity index (χ1v) is 9.57. The van der Waals surface area contributed by atoms with Gasteiger partial charge in [-0.1, -0.05) is 48.5 Å². The topological polar surface area (TPSA) is 84.2 Å². The normalized spacial score (nSPS) is 20.5. The molecular weight excluding hydrogens is 338 g/mol. The van der Waals surface area contributed by atoms with Gasteiger partial charge in [-0.3, -0.25) is 9.59 Å². The first-order chi connectivity index (χ1) is 13.1. The fourth-order valence-corrected chi connectivity index (χ4v) is 3.50. The molecule has 2 amide bonds. The molecule has 1 aliphatic carbocycles. The Labute approximate surface area is 160 Å². The zero-order valence-corrected chi connectivity index (χ0v) is 15.4. The van der Waals surface area contributed by atoms with E-state index in [0.29, 0.717) is 5.56 Å². The summed E-state index contributed by atoms with van der Waals surface area (Å²) in [4.78, 5) is 25.2. The minimum atomic E-state index is -0.371. The summed E-state index contributed by atoms with van der Waals surface area (Å²) in [6.45, 7) is 0. The van der Waals surface area contributed by atoms with Crippen molar-refractivity contribution in [2.45, 2.75) is 50.2 Å². The lowest BCUT2D eigenvalue weighted by atomic mass is 9.91. The second-order valence-corrected chi connectivity index (χ2v) is 7.19. The quantitative estimate of drug-likeness (QED) is 0.736. The van der Waals surface area contributed by atoms with Crippen LogP contribution in [0.3, 0.4) is 0 Å². The Morgan fingerprint density at radius 1 is 0.926 bits per heavy atom. The van der Waals surface area contributed by atoms with Gasteiger partial charge in [-0.25, -0.2) is 0 Å². The van der Waals surface area contributed by atoms with E-state index in [1.807, 2.05) is 48.5 Å². The van der Waals surface area contributed by atoms with E-state index >= 15 is 0 Å². The van der Waals surface area contributed by atoms with E-state index in [9.17, 15) is 9.59 Å². The monoisotopic (exact) mass is 365 g/mol. The highest BCUT2D eigenvalue weighted by Crippen LogP contribution is 2.20. The number of nitrogens with one attached hydrogen (secondary N) is 2. The number of hydrogen-bond acceptors (Lipinski definition) is 3. The van der Waals surface area contributed by atoms with Crippen LogP contribution in [0.5, 0.6) is 0 Å². The molecule has 3 rings (SSSR count). The molecular formula is C22H27N3O2. The van der Waals surface area contributed by atoms with Crippen molar-refractivity contribution in [1.82, 2.24) is 10.6 Å². The molecule has 0 bridgehead atoms. The molecule has 4 N–H and O–H groups in total. The van der Waals surface area contributed by atoms with E-state index in [1.54, 1.807) is 12.1 Å². The lowest BCUT2D eigenvalue weighted by Crippen LogP contribution is -2.42. The summed E-state index contributed by atoms with van der Waals surface area (Å²) in [6.07, 6.45) is 3.93. The highest BCUT2D eigenvalue weighted by atomic mass is 16.2. The van der Waals surface area contributed by atoms with Crippen molar-refractivity contribution in [2.24, 2.45) is 5.73 Å². The van der Waals surface area contributed by atoms with Crippen LogP contribution in [0.4, 0.5) is 0 Å². The Bertz CT molecular complexity index is 741. The standard InChI is InChI=1S/C22H27N3O2/c23-18-11-13-19(14-12-18)24-21(26)15-20(16-7-3-1-4-8-16)25-22(27)17-9-5-2-6-10-17/h1-10,18-20H,11-15,23H2,(H,24,26)(H,25,27). The molecule has 1 saturated carbocycles. The zero-order chi connectivity index (χ0) is 19.1. The van der Waals surface area contributed by atoms with Gasteiger partial charge in [0, 0.05) is 17.6 Å². The molecule has 1 aliphatic rings. The van der Waals surface area contributed by atoms with Crippen molar-refractivity contribution in [2.75, 3.05) is 0 Å². The molecule has 0 aromatic heterocycles. The second kappa shape index (κ2) is 9.33. The summed E-state index contributed by atoms with van der Waals surface area (Å²) < 4.78 is 0. The van der Waals surface area contributed by atoms with Crippen molar-refractivity contribution >= 4 is 11.8 Å². The average molecular weight is 365 g/mol. The van der Waals surface area contributed by atoms with Crippen LogP contribution in [0.25, 0.3) is 0 Å². The minimum absolute atomic E-state index is 0.0438. The highest BCUT2D eigenvalue weighted by molar-refractivity contribution is 5.94. The summed E-state index contributed by atoms with van der Waals surface area (Å²) in [6, 6.07) is 18.7. The van der Waals surface area contributed by atoms with Crippen molar-refractivity contribution in [3.63, 3.8) is 0 Å². The van der Waals surface area contributed by atoms with E-state index in [2.05, 4.69) is 10.6 Å². The van der Waals surface area contributed by atoms with Gasteiger partial charge in [-0.2, -0.15) is 0 Å². The predicted octanol–water partition coefficient (Wildman–Crippen LogP) is 2.93. The van der Waals surface area contributed by atoms with Crippen LogP contribution in [0.2, 0.25) is 0 Å². The largest absolute Gasteiger partial charge is 0.353 e. The van der Waals surface area contributed by atoms with Crippen LogP contribution < -0.4 is 16.4 Å². The van der Waals surface area contributed by atoms with Crippen LogP contribution in [0.1, 0.15) is 54.1 Å². The third-order valence-electron chi connectivity index (χ3n) is 5.07. The fourth-order valence-electron chi connectivity index (χ4n) is 3.50. The number of amides is 2. The van der Waals surface area contributed by atoms with Gasteiger partial charge < -0.3 is 16.4 Å². The molecule has 5 heteroatoms. The third-order valence-corrected chi connectivity index (χ3v) is 5.07. The smallest absolute Gasteiger partial charge is 0.251 e. The maximum absolute atomic E-state index is 12.6. The van der Waals surface area contributed by atoms with Gasteiger partial charge in [0.1, 0.15) is 0 Å². The molecule has 2 aromatic carbocycles. The summed E-state index contributed by atoms with van der Waals surface area (Å²) in [7, 11) is 0. The number of rotatable bonds is 6. The summed E-state index contributed by atoms with van der Waals surface area (Å²) in [5.41, 5.74) is 7.44. The molecule has 0 saturated heterocycles. The third kappa shape index (κ3) is 5.66. The molecule has 27 heavy (non-hydrogen) atoms. The molecule has 0 aliphatic heterocycles. The molecule has 0 radical (unpaired) electrons. The Morgan fingerprint density at radius 3 is 2.15 bits per heavy atom. The predicted molar refractivity (Wildman–Crippen MR) is 106 cm³/mol. The number of carbonyl (C=O) groups excluding carboxylic acids is 2. The van der Waals surface area contributed by atoms with Gasteiger partial charge in [0.25, 0.3) is 5.91 Å². The molecule has 1 unspecified atom stereocenters. The van der Waals surface area contributed by atoms with Gasteiger partial charge in [0.05, 0.1) is 12.5 Å². The van der Waals surface area contributed by atoms with Gasteiger partial charge in [0.15, 0.2) is 0 Å². The molecule has 0 heterocycles. The van der Waals surface area contributed by atoms with Crippen molar-refractivity contribution in [1.29, 1.82) is 0 Å². The van der Waals surface area contributed by atoms with Crippen molar-refractivity contribution in [3.05, 3.63) is 71.8 Å². The lowest BCUT2D eigenvalue weighted by Gasteiger charge is -2.27. The van der Waals surface area contributed by atoms with Crippen LogP contribution in [0, 0.1) is 0 Å². The van der Waals surface area contributed by atoms with Gasteiger partial charge in [0.2, 0.25) is 5.91 Å². The molecule has 5 nitrogen and oxygen atoms in total. The van der Waals surface area contributed by atoms with Crippen LogP contribution >= 0.6 is 0 Å². The van der Waals surface area contributed by atoms with Crippen LogP contribution in [-0.2, 0) is 4.79 Å². The minimum Gasteiger partial charge on any atom is -0.353 e. The van der Waals surface area contributed by atoms with Gasteiger partial charge in [-0.15, -0.1) is 0 Å². The van der Waals surface area contributed by atoms with E-state index in [1.165, 1.54) is 0 Å². The molecule has 1 atom stereocenters. The highest BCUT2D eigenvalue weighted by Gasteiger charge is 2.23. The summed E-state index contributed by atoms with van der Waals surface area (Å²) in [5.74, 6) is -0.224. The summed E-state index contributed by atoms with van der Waals surface area (Å²) in [5, 5.41) is 6.11. The molecule has 1 fully saturated rings. The van der Waals surface area contributed by atoms with E-state index in [4.69, 9.17) is 5.73 Å². The molecule has 2 aromatic rings. The first kappa shape index (κ1) is 19.1. The lowest BCUT2D eigenvalue weighted by molar-refractivity contribution is -0.122. The van der Waals surface area contributed by atoms with E-state index < -0.39 is 0 Å². The Kier molecular flexibility index (Phi) is 6.60. The fraction of sp³-hybridized carbons (Fsp3) is 0.364. The number of nitrogens with two attached hydrogens (primary N) is 1. The SMILES string of the molecule is NC1CCC(NC(=O)CC(NC(=O)c2ccccc2)c2ccccc2)CC1. The maximum Gasteiger partial charge on any atom is 0.251 e. The number of benzene rings is 2. The van der Waals surface area contributed by atoms with Gasteiger partial charge >= 0.3 is 0 Å². The average Bonchev–Trinajstić information content (AvgIpc) is 2.70. The van der Waals surface area contributed by atoms with Crippen LogP contribution in [0.15, 0.2) is 60.7 Å². The Hall–Kier alpha value is -2.66. The van der Waals surface area contributed by atoms with Crippen molar-refractivity contribution in [3.8, 4) is 0 Å². The van der Waals surface area contributed by atoms with Crippen molar-refractivity contribution < 1.29 is 9.59 Å². The summed E-state index contributed by atoms with van der Waals surface area (Å²) >= 11 is 0. The van der Waals surface area contributed by atoms with Gasteiger partial charge in [-0.05, 0) is 43.4 Å². The second-order valence-electron chi connectivity index (χ2n) is 7.19. The number of carbonyl (C=O) groups is 2. The first-order valence-electron chi connectivity index (χ1n) is 9.57. The zero-order valence-electron chi connectivity index (χ0n) is 15.4.